The van der Waals surface area contributed by atoms with Crippen LogP contribution in [0.1, 0.15) is 10.5 Å². The number of nitrogens with zero attached hydrogens (tertiary/aromatic N) is 3. The second-order valence-electron chi connectivity index (χ2n) is 3.45. The van der Waals surface area contributed by atoms with Crippen LogP contribution in [-0.2, 0) is 0 Å². The molecule has 0 aromatic carbocycles. The van der Waals surface area contributed by atoms with Gasteiger partial charge in [-0.3, -0.25) is 0 Å². The fraction of sp³-hybridized carbons (Fsp3) is 0. The lowest BCUT2D eigenvalue weighted by Crippen LogP contribution is -1.94. The van der Waals surface area contributed by atoms with Crippen LogP contribution in [0.25, 0.3) is 17.1 Å². The molecule has 6 nitrogen and oxygen atoms in total. The summed E-state index contributed by atoms with van der Waals surface area (Å²) in [4.78, 5) is 18.7. The van der Waals surface area contributed by atoms with Crippen molar-refractivity contribution in [2.45, 2.75) is 0 Å². The Balaban J connectivity index is 2.16. The highest BCUT2D eigenvalue weighted by Gasteiger charge is 2.10. The summed E-state index contributed by atoms with van der Waals surface area (Å²) in [6, 6.07) is 3.49. The van der Waals surface area contributed by atoms with Crippen LogP contribution in [0.15, 0.2) is 41.4 Å². The normalized spacial score (nSPS) is 10.8. The maximum absolute atomic E-state index is 10.8. The highest BCUT2D eigenvalue weighted by molar-refractivity contribution is 5.86. The molecule has 84 valence electrons. The molecule has 0 unspecified atom stereocenters. The van der Waals surface area contributed by atoms with Crippen LogP contribution in [0.4, 0.5) is 0 Å². The van der Waals surface area contributed by atoms with E-state index in [1.807, 2.05) is 0 Å². The van der Waals surface area contributed by atoms with E-state index in [0.717, 1.165) is 5.56 Å². The molecule has 0 aliphatic heterocycles. The molecule has 0 aliphatic rings. The number of aromatic nitrogens is 3. The van der Waals surface area contributed by atoms with Crippen LogP contribution >= 0.6 is 0 Å². The number of carboxylic acid groups (broad SMARTS) is 1. The van der Waals surface area contributed by atoms with E-state index in [-0.39, 0.29) is 5.69 Å². The molecule has 0 saturated heterocycles. The molecule has 0 bridgehead atoms. The van der Waals surface area contributed by atoms with Crippen LogP contribution in [0.2, 0.25) is 0 Å². The maximum Gasteiger partial charge on any atom is 0.356 e. The lowest BCUT2D eigenvalue weighted by atomic mass is 10.3. The number of hydrogen-bond acceptors (Lipinski definition) is 4. The van der Waals surface area contributed by atoms with E-state index in [2.05, 4.69) is 9.97 Å². The molecule has 3 aromatic heterocycles. The number of fused-ring (bicyclic) bond motifs is 1. The minimum absolute atomic E-state index is 0.00885. The monoisotopic (exact) mass is 229 g/mol. The van der Waals surface area contributed by atoms with Crippen molar-refractivity contribution in [2.24, 2.45) is 0 Å². The topological polar surface area (TPSA) is 80.6 Å². The fourth-order valence-corrected chi connectivity index (χ4v) is 1.59. The summed E-state index contributed by atoms with van der Waals surface area (Å²) < 4.78 is 6.79. The van der Waals surface area contributed by atoms with Crippen molar-refractivity contribution in [2.75, 3.05) is 0 Å². The first kappa shape index (κ1) is 9.59. The molecule has 0 saturated carbocycles. The van der Waals surface area contributed by atoms with Gasteiger partial charge in [0, 0.05) is 12.4 Å². The average molecular weight is 229 g/mol. The lowest BCUT2D eigenvalue weighted by Gasteiger charge is -1.96. The summed E-state index contributed by atoms with van der Waals surface area (Å²) in [5, 5.41) is 8.83. The van der Waals surface area contributed by atoms with E-state index in [4.69, 9.17) is 9.52 Å². The third-order valence-corrected chi connectivity index (χ3v) is 2.35. The van der Waals surface area contributed by atoms with Gasteiger partial charge in [0.1, 0.15) is 11.9 Å². The van der Waals surface area contributed by atoms with Crippen molar-refractivity contribution in [3.8, 4) is 11.5 Å². The minimum atomic E-state index is -1.05. The van der Waals surface area contributed by atoms with Crippen LogP contribution in [0.3, 0.4) is 0 Å². The first-order chi connectivity index (χ1) is 8.24. The van der Waals surface area contributed by atoms with Gasteiger partial charge >= 0.3 is 5.97 Å². The molecule has 0 aliphatic carbocycles. The van der Waals surface area contributed by atoms with Gasteiger partial charge in [0.25, 0.3) is 0 Å². The van der Waals surface area contributed by atoms with Gasteiger partial charge in [-0.15, -0.1) is 0 Å². The third-order valence-electron chi connectivity index (χ3n) is 2.35. The molecule has 0 spiro atoms. The molecule has 6 heteroatoms. The predicted octanol–water partition coefficient (Wildman–Crippen LogP) is 1.69. The van der Waals surface area contributed by atoms with Crippen molar-refractivity contribution < 1.29 is 14.3 Å². The molecule has 0 amide bonds. The molecule has 0 atom stereocenters. The van der Waals surface area contributed by atoms with Crippen molar-refractivity contribution in [1.82, 2.24) is 14.4 Å². The van der Waals surface area contributed by atoms with Gasteiger partial charge in [0.2, 0.25) is 5.89 Å². The second-order valence-corrected chi connectivity index (χ2v) is 3.45. The molecule has 1 N–H and O–H groups in total. The average Bonchev–Trinajstić information content (AvgIpc) is 2.97. The molecule has 0 fully saturated rings. The first-order valence-corrected chi connectivity index (χ1v) is 4.86. The molecular formula is C11H7N3O3. The number of oxazole rings is 1. The Kier molecular flexibility index (Phi) is 1.94. The summed E-state index contributed by atoms with van der Waals surface area (Å²) in [6.45, 7) is 0. The molecule has 17 heavy (non-hydrogen) atoms. The van der Waals surface area contributed by atoms with E-state index >= 15 is 0 Å². The fourth-order valence-electron chi connectivity index (χ4n) is 1.59. The van der Waals surface area contributed by atoms with Crippen LogP contribution < -0.4 is 0 Å². The highest BCUT2D eigenvalue weighted by atomic mass is 16.4. The quantitative estimate of drug-likeness (QED) is 0.723. The van der Waals surface area contributed by atoms with Crippen molar-refractivity contribution in [1.29, 1.82) is 0 Å². The van der Waals surface area contributed by atoms with E-state index in [1.165, 1.54) is 12.5 Å². The Morgan fingerprint density at radius 2 is 2.24 bits per heavy atom. The zero-order valence-corrected chi connectivity index (χ0v) is 8.57. The Bertz CT molecular complexity index is 685. The van der Waals surface area contributed by atoms with Crippen molar-refractivity contribution in [3.63, 3.8) is 0 Å². The number of pyridine rings is 1. The van der Waals surface area contributed by atoms with Gasteiger partial charge in [-0.1, -0.05) is 0 Å². The van der Waals surface area contributed by atoms with Crippen LogP contribution in [0.5, 0.6) is 0 Å². The van der Waals surface area contributed by atoms with Crippen molar-refractivity contribution >= 4 is 11.6 Å². The minimum Gasteiger partial charge on any atom is -0.476 e. The number of aromatic carboxylic acids is 1. The Morgan fingerprint density at radius 3 is 2.94 bits per heavy atom. The van der Waals surface area contributed by atoms with Gasteiger partial charge in [-0.05, 0) is 12.1 Å². The highest BCUT2D eigenvalue weighted by Crippen LogP contribution is 2.18. The molecule has 3 aromatic rings. The number of rotatable bonds is 2. The molecule has 3 heterocycles. The Hall–Kier alpha value is -2.63. The Morgan fingerprint density at radius 1 is 1.35 bits per heavy atom. The van der Waals surface area contributed by atoms with Gasteiger partial charge < -0.3 is 13.9 Å². The lowest BCUT2D eigenvalue weighted by molar-refractivity contribution is 0.0691. The van der Waals surface area contributed by atoms with E-state index in [0.29, 0.717) is 11.5 Å². The molecule has 3 rings (SSSR count). The number of carbonyl (C=O) groups is 1. The number of hydrogen-bond donors (Lipinski definition) is 1. The Labute approximate surface area is 95.2 Å². The zero-order chi connectivity index (χ0) is 11.8. The molecule has 0 radical (unpaired) electrons. The smallest absolute Gasteiger partial charge is 0.356 e. The third kappa shape index (κ3) is 1.55. The first-order valence-electron chi connectivity index (χ1n) is 4.86. The summed E-state index contributed by atoms with van der Waals surface area (Å²) in [5.74, 6) is -0.566. The summed E-state index contributed by atoms with van der Waals surface area (Å²) >= 11 is 0. The summed E-state index contributed by atoms with van der Waals surface area (Å²) in [5.41, 5.74) is 1.34. The van der Waals surface area contributed by atoms with Gasteiger partial charge in [-0.25, -0.2) is 14.8 Å². The van der Waals surface area contributed by atoms with Crippen molar-refractivity contribution in [3.05, 3.63) is 42.7 Å². The van der Waals surface area contributed by atoms with E-state index in [9.17, 15) is 4.79 Å². The predicted molar refractivity (Wildman–Crippen MR) is 57.6 cm³/mol. The zero-order valence-electron chi connectivity index (χ0n) is 8.57. The maximum atomic E-state index is 10.8. The number of carboxylic acids is 1. The standard InChI is InChI=1S/C11H7N3O3/c15-11(16)8-6-14-5-7(1-2-9(14)13-8)10-12-3-4-17-10/h1-6H,(H,15,16). The van der Waals surface area contributed by atoms with Gasteiger partial charge in [0.05, 0.1) is 11.8 Å². The van der Waals surface area contributed by atoms with Gasteiger partial charge in [0.15, 0.2) is 5.69 Å². The van der Waals surface area contributed by atoms with Crippen LogP contribution in [0, 0.1) is 0 Å². The number of imidazole rings is 1. The SMILES string of the molecule is O=C(O)c1cn2cc(-c3ncco3)ccc2n1. The van der Waals surface area contributed by atoms with Gasteiger partial charge in [-0.2, -0.15) is 0 Å². The largest absolute Gasteiger partial charge is 0.476 e. The van der Waals surface area contributed by atoms with E-state index < -0.39 is 5.97 Å². The summed E-state index contributed by atoms with van der Waals surface area (Å²) in [7, 11) is 0. The second kappa shape index (κ2) is 3.44. The summed E-state index contributed by atoms with van der Waals surface area (Å²) in [6.07, 6.45) is 6.21. The molecular weight excluding hydrogens is 222 g/mol. The van der Waals surface area contributed by atoms with Crippen LogP contribution in [-0.4, -0.2) is 25.4 Å². The van der Waals surface area contributed by atoms with E-state index in [1.54, 1.807) is 28.9 Å².